The average molecular weight is 367 g/mol. The van der Waals surface area contributed by atoms with E-state index in [0.29, 0.717) is 22.2 Å². The first kappa shape index (κ1) is 17.8. The molecule has 26 heavy (non-hydrogen) atoms. The topological polar surface area (TPSA) is 101 Å². The summed E-state index contributed by atoms with van der Waals surface area (Å²) in [4.78, 5) is 32.5. The molecule has 0 spiro atoms. The Labute approximate surface area is 154 Å². The Morgan fingerprint density at radius 3 is 2.62 bits per heavy atom. The molecule has 0 unspecified atom stereocenters. The molecule has 0 bridgehead atoms. The van der Waals surface area contributed by atoms with Gasteiger partial charge in [0.05, 0.1) is 10.9 Å². The Bertz CT molecular complexity index is 926. The van der Waals surface area contributed by atoms with Crippen molar-refractivity contribution in [3.8, 4) is 11.4 Å². The highest BCUT2D eigenvalue weighted by molar-refractivity contribution is 8.00. The number of hydrogen-bond acceptors (Lipinski definition) is 6. The van der Waals surface area contributed by atoms with Gasteiger partial charge in [0.1, 0.15) is 0 Å². The molecule has 2 aromatic heterocycles. The van der Waals surface area contributed by atoms with Gasteiger partial charge in [0.25, 0.3) is 0 Å². The zero-order valence-electron chi connectivity index (χ0n) is 14.3. The first-order valence-corrected chi connectivity index (χ1v) is 8.83. The zero-order valence-corrected chi connectivity index (χ0v) is 15.1. The monoisotopic (exact) mass is 367 g/mol. The van der Waals surface area contributed by atoms with Crippen LogP contribution in [-0.4, -0.2) is 37.1 Å². The number of Topliss-reactive ketones (excluding diaryl/α,β-unsaturated/α-hetero) is 1. The van der Waals surface area contributed by atoms with Crippen LogP contribution in [0, 0.1) is 0 Å². The van der Waals surface area contributed by atoms with Crippen LogP contribution < -0.4 is 5.32 Å². The van der Waals surface area contributed by atoms with Crippen LogP contribution in [0.3, 0.4) is 0 Å². The number of nitrogens with zero attached hydrogens (tertiary/aromatic N) is 3. The van der Waals surface area contributed by atoms with E-state index in [0.717, 1.165) is 5.56 Å². The number of aromatic amines is 1. The third kappa shape index (κ3) is 4.15. The van der Waals surface area contributed by atoms with Gasteiger partial charge in [-0.2, -0.15) is 0 Å². The van der Waals surface area contributed by atoms with Gasteiger partial charge >= 0.3 is 0 Å². The summed E-state index contributed by atoms with van der Waals surface area (Å²) in [5.74, 6) is 0.292. The number of carbonyl (C=O) groups is 2. The van der Waals surface area contributed by atoms with E-state index in [4.69, 9.17) is 0 Å². The molecule has 2 N–H and O–H groups in total. The molecular weight excluding hydrogens is 350 g/mol. The lowest BCUT2D eigenvalue weighted by molar-refractivity contribution is -0.115. The third-order valence-electron chi connectivity index (χ3n) is 3.63. The fourth-order valence-electron chi connectivity index (χ4n) is 2.28. The highest BCUT2D eigenvalue weighted by Crippen LogP contribution is 2.24. The number of carbonyl (C=O) groups excluding carboxylic acids is 2. The molecule has 1 atom stereocenters. The minimum absolute atomic E-state index is 0.0998. The van der Waals surface area contributed by atoms with Crippen LogP contribution in [0.2, 0.25) is 0 Å². The lowest BCUT2D eigenvalue weighted by atomic mass is 10.1. The Hall–Kier alpha value is -3.00. The van der Waals surface area contributed by atoms with Gasteiger partial charge in [0, 0.05) is 23.5 Å². The summed E-state index contributed by atoms with van der Waals surface area (Å²) in [5.41, 5.74) is 1.85. The van der Waals surface area contributed by atoms with E-state index < -0.39 is 5.25 Å². The predicted octanol–water partition coefficient (Wildman–Crippen LogP) is 3.19. The largest absolute Gasteiger partial charge is 0.324 e. The van der Waals surface area contributed by atoms with Crippen LogP contribution in [0.25, 0.3) is 11.4 Å². The van der Waals surface area contributed by atoms with Crippen molar-refractivity contribution >= 4 is 29.1 Å². The number of thioether (sulfide) groups is 1. The molecule has 0 saturated carbocycles. The van der Waals surface area contributed by atoms with Crippen molar-refractivity contribution in [2.45, 2.75) is 24.3 Å². The molecule has 0 aliphatic heterocycles. The molecule has 3 rings (SSSR count). The molecule has 1 aromatic carbocycles. The number of para-hydroxylation sites is 1. The van der Waals surface area contributed by atoms with Gasteiger partial charge in [-0.25, -0.2) is 4.98 Å². The van der Waals surface area contributed by atoms with Crippen LogP contribution in [0.4, 0.5) is 5.69 Å². The fourth-order valence-corrected chi connectivity index (χ4v) is 3.01. The maximum absolute atomic E-state index is 12.5. The van der Waals surface area contributed by atoms with Crippen LogP contribution in [0.1, 0.15) is 24.2 Å². The van der Waals surface area contributed by atoms with Crippen molar-refractivity contribution < 1.29 is 9.59 Å². The van der Waals surface area contributed by atoms with E-state index in [9.17, 15) is 9.59 Å². The molecule has 0 aliphatic rings. The minimum atomic E-state index is -0.434. The SMILES string of the molecule is CC(=O)c1ccccc1NC(=O)[C@@H](C)Sc1n[nH]c(-c2ccncc2)n1. The van der Waals surface area contributed by atoms with Gasteiger partial charge in [-0.05, 0) is 38.1 Å². The van der Waals surface area contributed by atoms with E-state index in [-0.39, 0.29) is 11.7 Å². The third-order valence-corrected chi connectivity index (χ3v) is 4.60. The second kappa shape index (κ2) is 7.92. The summed E-state index contributed by atoms with van der Waals surface area (Å²) in [6.07, 6.45) is 3.35. The first-order valence-electron chi connectivity index (χ1n) is 7.95. The maximum Gasteiger partial charge on any atom is 0.237 e. The number of amides is 1. The number of rotatable bonds is 6. The normalized spacial score (nSPS) is 11.8. The van der Waals surface area contributed by atoms with Crippen molar-refractivity contribution in [2.75, 3.05) is 5.32 Å². The lowest BCUT2D eigenvalue weighted by Gasteiger charge is -2.12. The minimum Gasteiger partial charge on any atom is -0.324 e. The Morgan fingerprint density at radius 2 is 1.88 bits per heavy atom. The Balaban J connectivity index is 1.67. The molecule has 0 fully saturated rings. The molecule has 132 valence electrons. The summed E-state index contributed by atoms with van der Waals surface area (Å²) >= 11 is 1.23. The molecule has 2 heterocycles. The van der Waals surface area contributed by atoms with Gasteiger partial charge in [0.15, 0.2) is 11.6 Å². The van der Waals surface area contributed by atoms with Crippen molar-refractivity contribution in [2.24, 2.45) is 0 Å². The molecule has 1 amide bonds. The summed E-state index contributed by atoms with van der Waals surface area (Å²) in [6.45, 7) is 3.23. The average Bonchev–Trinajstić information content (AvgIpc) is 3.11. The van der Waals surface area contributed by atoms with Gasteiger partial charge in [0.2, 0.25) is 11.1 Å². The quantitative estimate of drug-likeness (QED) is 0.513. The number of ketones is 1. The molecule has 3 aromatic rings. The van der Waals surface area contributed by atoms with Crippen molar-refractivity contribution in [3.05, 3.63) is 54.4 Å². The molecule has 8 heteroatoms. The second-order valence-corrected chi connectivity index (χ2v) is 6.86. The highest BCUT2D eigenvalue weighted by atomic mass is 32.2. The second-order valence-electron chi connectivity index (χ2n) is 5.55. The van der Waals surface area contributed by atoms with Crippen LogP contribution in [0.15, 0.2) is 53.9 Å². The number of aromatic nitrogens is 4. The summed E-state index contributed by atoms with van der Waals surface area (Å²) < 4.78 is 0. The van der Waals surface area contributed by atoms with Gasteiger partial charge < -0.3 is 5.32 Å². The molecule has 0 saturated heterocycles. The van der Waals surface area contributed by atoms with Crippen LogP contribution in [0.5, 0.6) is 0 Å². The number of H-pyrrole nitrogens is 1. The van der Waals surface area contributed by atoms with Crippen molar-refractivity contribution in [1.82, 2.24) is 20.2 Å². The van der Waals surface area contributed by atoms with E-state index in [1.165, 1.54) is 18.7 Å². The number of pyridine rings is 1. The van der Waals surface area contributed by atoms with E-state index in [1.54, 1.807) is 43.6 Å². The number of anilines is 1. The number of hydrogen-bond donors (Lipinski definition) is 2. The molecule has 7 nitrogen and oxygen atoms in total. The van der Waals surface area contributed by atoms with Gasteiger partial charge in [-0.3, -0.25) is 19.7 Å². The summed E-state index contributed by atoms with van der Waals surface area (Å²) in [5, 5.41) is 9.83. The summed E-state index contributed by atoms with van der Waals surface area (Å²) in [7, 11) is 0. The van der Waals surface area contributed by atoms with Crippen molar-refractivity contribution in [1.29, 1.82) is 0 Å². The van der Waals surface area contributed by atoms with Crippen molar-refractivity contribution in [3.63, 3.8) is 0 Å². The lowest BCUT2D eigenvalue weighted by Crippen LogP contribution is -2.23. The fraction of sp³-hybridized carbons (Fsp3) is 0.167. The smallest absolute Gasteiger partial charge is 0.237 e. The summed E-state index contributed by atoms with van der Waals surface area (Å²) in [6, 6.07) is 10.6. The zero-order chi connectivity index (χ0) is 18.5. The van der Waals surface area contributed by atoms with Gasteiger partial charge in [-0.1, -0.05) is 23.9 Å². The molecular formula is C18H17N5O2S. The van der Waals surface area contributed by atoms with E-state index in [1.807, 2.05) is 12.1 Å². The van der Waals surface area contributed by atoms with Crippen LogP contribution in [-0.2, 0) is 4.79 Å². The first-order chi connectivity index (χ1) is 12.5. The predicted molar refractivity (Wildman–Crippen MR) is 100 cm³/mol. The molecule has 0 aliphatic carbocycles. The molecule has 0 radical (unpaired) electrons. The van der Waals surface area contributed by atoms with Gasteiger partial charge in [-0.15, -0.1) is 5.10 Å². The number of benzene rings is 1. The number of nitrogens with one attached hydrogen (secondary N) is 2. The Kier molecular flexibility index (Phi) is 5.43. The maximum atomic E-state index is 12.5. The Morgan fingerprint density at radius 1 is 1.15 bits per heavy atom. The highest BCUT2D eigenvalue weighted by Gasteiger charge is 2.19. The van der Waals surface area contributed by atoms with E-state index >= 15 is 0 Å². The standard InChI is InChI=1S/C18H17N5O2S/c1-11(24)14-5-3-4-6-15(14)20-17(25)12(2)26-18-21-16(22-23-18)13-7-9-19-10-8-13/h3-10,12H,1-2H3,(H,20,25)(H,21,22,23)/t12-/m1/s1. The van der Waals surface area contributed by atoms with Crippen LogP contribution >= 0.6 is 11.8 Å². The van der Waals surface area contributed by atoms with E-state index in [2.05, 4.69) is 25.5 Å².